The van der Waals surface area contributed by atoms with Gasteiger partial charge in [-0.05, 0) is 31.4 Å². The average molecular weight is 236 g/mol. The summed E-state index contributed by atoms with van der Waals surface area (Å²) in [6, 6.07) is 1.94. The first-order valence-corrected chi connectivity index (χ1v) is 5.85. The Morgan fingerprint density at radius 2 is 2.23 bits per heavy atom. The molecule has 4 heteroatoms. The number of hydrogen-bond donors (Lipinski definition) is 1. The Bertz CT molecular complexity index is 317. The molecule has 13 heavy (non-hydrogen) atoms. The summed E-state index contributed by atoms with van der Waals surface area (Å²) in [4.78, 5) is 0. The molecule has 0 unspecified atom stereocenters. The van der Waals surface area contributed by atoms with Gasteiger partial charge in [0.05, 0.1) is 8.67 Å². The molecule has 72 valence electrons. The van der Waals surface area contributed by atoms with E-state index in [1.54, 1.807) is 0 Å². The monoisotopic (exact) mass is 235 g/mol. The molecule has 0 atom stereocenters. The van der Waals surface area contributed by atoms with Crippen LogP contribution in [0.15, 0.2) is 6.07 Å². The smallest absolute Gasteiger partial charge is 0.0989 e. The van der Waals surface area contributed by atoms with Crippen molar-refractivity contribution >= 4 is 34.5 Å². The standard InChI is InChI=1S/C9H11Cl2NS/c1-9(2-3-9)12-5-6-4-7(10)13-8(6)11/h4,12H,2-3,5H2,1H3. The van der Waals surface area contributed by atoms with E-state index in [0.29, 0.717) is 5.54 Å². The number of halogens is 2. The molecule has 1 saturated carbocycles. The molecule has 1 nitrogen and oxygen atoms in total. The predicted octanol–water partition coefficient (Wildman–Crippen LogP) is 3.70. The topological polar surface area (TPSA) is 12.0 Å². The highest BCUT2D eigenvalue weighted by molar-refractivity contribution is 7.20. The Morgan fingerprint density at radius 1 is 1.54 bits per heavy atom. The van der Waals surface area contributed by atoms with Crippen molar-refractivity contribution in [3.05, 3.63) is 20.3 Å². The van der Waals surface area contributed by atoms with Crippen molar-refractivity contribution in [3.63, 3.8) is 0 Å². The van der Waals surface area contributed by atoms with Crippen molar-refractivity contribution < 1.29 is 0 Å². The maximum absolute atomic E-state index is 5.99. The zero-order valence-corrected chi connectivity index (χ0v) is 9.69. The van der Waals surface area contributed by atoms with Gasteiger partial charge in [0, 0.05) is 12.1 Å². The van der Waals surface area contributed by atoms with Gasteiger partial charge >= 0.3 is 0 Å². The van der Waals surface area contributed by atoms with Crippen LogP contribution < -0.4 is 5.32 Å². The van der Waals surface area contributed by atoms with E-state index < -0.39 is 0 Å². The van der Waals surface area contributed by atoms with Crippen LogP contribution in [-0.4, -0.2) is 5.54 Å². The first-order chi connectivity index (χ1) is 6.09. The van der Waals surface area contributed by atoms with Gasteiger partial charge in [0.15, 0.2) is 0 Å². The maximum Gasteiger partial charge on any atom is 0.0989 e. The molecule has 0 aromatic carbocycles. The van der Waals surface area contributed by atoms with Crippen molar-refractivity contribution in [2.75, 3.05) is 0 Å². The summed E-state index contributed by atoms with van der Waals surface area (Å²) in [7, 11) is 0. The van der Waals surface area contributed by atoms with Crippen molar-refractivity contribution in [2.45, 2.75) is 31.8 Å². The molecule has 0 bridgehead atoms. The van der Waals surface area contributed by atoms with Gasteiger partial charge in [0.1, 0.15) is 0 Å². The fourth-order valence-electron chi connectivity index (χ4n) is 1.17. The van der Waals surface area contributed by atoms with Crippen LogP contribution in [-0.2, 0) is 6.54 Å². The second-order valence-corrected chi connectivity index (χ2v) is 6.05. The van der Waals surface area contributed by atoms with Crippen LogP contribution in [0.3, 0.4) is 0 Å². The molecule has 1 aliphatic carbocycles. The molecule has 0 amide bonds. The van der Waals surface area contributed by atoms with E-state index in [1.807, 2.05) is 6.07 Å². The van der Waals surface area contributed by atoms with Gasteiger partial charge in [-0.3, -0.25) is 0 Å². The largest absolute Gasteiger partial charge is 0.307 e. The van der Waals surface area contributed by atoms with E-state index in [-0.39, 0.29) is 0 Å². The lowest BCUT2D eigenvalue weighted by atomic mass is 10.3. The molecule has 1 heterocycles. The number of rotatable bonds is 3. The fourth-order valence-corrected chi connectivity index (χ4v) is 2.65. The lowest BCUT2D eigenvalue weighted by Crippen LogP contribution is -2.26. The molecule has 1 aromatic heterocycles. The number of hydrogen-bond acceptors (Lipinski definition) is 2. The Hall–Kier alpha value is 0.240. The molecule has 1 aliphatic rings. The average Bonchev–Trinajstić information content (AvgIpc) is 2.69. The van der Waals surface area contributed by atoms with Crippen molar-refractivity contribution in [2.24, 2.45) is 0 Å². The molecule has 2 rings (SSSR count). The number of thiophene rings is 1. The molecule has 0 saturated heterocycles. The summed E-state index contributed by atoms with van der Waals surface area (Å²) in [5.74, 6) is 0. The van der Waals surface area contributed by atoms with Gasteiger partial charge in [-0.25, -0.2) is 0 Å². The predicted molar refractivity (Wildman–Crippen MR) is 58.8 cm³/mol. The fraction of sp³-hybridized carbons (Fsp3) is 0.556. The summed E-state index contributed by atoms with van der Waals surface area (Å²) in [5.41, 5.74) is 1.47. The Balaban J connectivity index is 1.97. The molecular formula is C9H11Cl2NS. The van der Waals surface area contributed by atoms with Crippen LogP contribution in [0.25, 0.3) is 0 Å². The minimum absolute atomic E-state index is 0.359. The van der Waals surface area contributed by atoms with Crippen molar-refractivity contribution in [3.8, 4) is 0 Å². The SMILES string of the molecule is CC1(NCc2cc(Cl)sc2Cl)CC1. The Morgan fingerprint density at radius 3 is 2.69 bits per heavy atom. The third kappa shape index (κ3) is 2.38. The summed E-state index contributed by atoms with van der Waals surface area (Å²) in [6.45, 7) is 3.06. The Labute approximate surface area is 92.0 Å². The molecule has 0 aliphatic heterocycles. The lowest BCUT2D eigenvalue weighted by molar-refractivity contribution is 0.538. The molecule has 1 fully saturated rings. The van der Waals surface area contributed by atoms with Crippen molar-refractivity contribution in [1.29, 1.82) is 0 Å². The first kappa shape index (κ1) is 9.78. The zero-order chi connectivity index (χ0) is 9.47. The van der Waals surface area contributed by atoms with Crippen LogP contribution in [0.2, 0.25) is 8.67 Å². The van der Waals surface area contributed by atoms with E-state index in [1.165, 1.54) is 24.2 Å². The van der Waals surface area contributed by atoms with E-state index in [9.17, 15) is 0 Å². The van der Waals surface area contributed by atoms with Gasteiger partial charge < -0.3 is 5.32 Å². The molecule has 1 aromatic rings. The van der Waals surface area contributed by atoms with Gasteiger partial charge in [0.2, 0.25) is 0 Å². The molecule has 1 N–H and O–H groups in total. The summed E-state index contributed by atoms with van der Waals surface area (Å²) >= 11 is 13.3. The molecule has 0 spiro atoms. The van der Waals surface area contributed by atoms with Crippen molar-refractivity contribution in [1.82, 2.24) is 5.32 Å². The first-order valence-electron chi connectivity index (χ1n) is 4.28. The van der Waals surface area contributed by atoms with Crippen LogP contribution in [0.4, 0.5) is 0 Å². The molecule has 0 radical (unpaired) electrons. The zero-order valence-electron chi connectivity index (χ0n) is 7.36. The highest BCUT2D eigenvalue weighted by Crippen LogP contribution is 2.36. The number of nitrogens with one attached hydrogen (secondary N) is 1. The lowest BCUT2D eigenvalue weighted by Gasteiger charge is -2.09. The molecular weight excluding hydrogens is 225 g/mol. The highest BCUT2D eigenvalue weighted by atomic mass is 35.5. The van der Waals surface area contributed by atoms with E-state index in [2.05, 4.69) is 12.2 Å². The third-order valence-corrected chi connectivity index (χ3v) is 4.00. The Kier molecular flexibility index (Phi) is 2.58. The van der Waals surface area contributed by atoms with E-state index >= 15 is 0 Å². The van der Waals surface area contributed by atoms with E-state index in [4.69, 9.17) is 23.2 Å². The highest BCUT2D eigenvalue weighted by Gasteiger charge is 2.36. The normalized spacial score (nSPS) is 19.0. The summed E-state index contributed by atoms with van der Waals surface area (Å²) in [5, 5.41) is 3.47. The second-order valence-electron chi connectivity index (χ2n) is 3.76. The van der Waals surface area contributed by atoms with Crippen LogP contribution in [0.1, 0.15) is 25.3 Å². The van der Waals surface area contributed by atoms with Gasteiger partial charge in [-0.1, -0.05) is 23.2 Å². The van der Waals surface area contributed by atoms with Crippen LogP contribution >= 0.6 is 34.5 Å². The third-order valence-electron chi connectivity index (χ3n) is 2.43. The summed E-state index contributed by atoms with van der Waals surface area (Å²) < 4.78 is 1.57. The second kappa shape index (κ2) is 3.43. The minimum Gasteiger partial charge on any atom is -0.307 e. The quantitative estimate of drug-likeness (QED) is 0.843. The van der Waals surface area contributed by atoms with Crippen LogP contribution in [0, 0.1) is 0 Å². The maximum atomic E-state index is 5.99. The van der Waals surface area contributed by atoms with E-state index in [0.717, 1.165) is 20.8 Å². The van der Waals surface area contributed by atoms with Crippen LogP contribution in [0.5, 0.6) is 0 Å². The minimum atomic E-state index is 0.359. The van der Waals surface area contributed by atoms with Gasteiger partial charge in [0.25, 0.3) is 0 Å². The summed E-state index contributed by atoms with van der Waals surface area (Å²) in [6.07, 6.45) is 2.53. The van der Waals surface area contributed by atoms with Gasteiger partial charge in [-0.2, -0.15) is 0 Å². The van der Waals surface area contributed by atoms with Gasteiger partial charge in [-0.15, -0.1) is 11.3 Å².